The lowest BCUT2D eigenvalue weighted by Gasteiger charge is -2.23. The van der Waals surface area contributed by atoms with Crippen LogP contribution < -0.4 is 4.73 Å². The maximum atomic E-state index is 12.7. The van der Waals surface area contributed by atoms with E-state index < -0.39 is 0 Å². The number of carbonyl (C=O) groups excluding carboxylic acids is 1. The van der Waals surface area contributed by atoms with Crippen LogP contribution in [0, 0.1) is 5.21 Å². The quantitative estimate of drug-likeness (QED) is 0.582. The van der Waals surface area contributed by atoms with Crippen molar-refractivity contribution in [2.24, 2.45) is 0 Å². The smallest absolute Gasteiger partial charge is 0.254 e. The molecule has 6 nitrogen and oxygen atoms in total. The van der Waals surface area contributed by atoms with Crippen LogP contribution in [-0.2, 0) is 0 Å². The third-order valence-corrected chi connectivity index (χ3v) is 4.29. The second-order valence-electron chi connectivity index (χ2n) is 5.74. The third-order valence-electron chi connectivity index (χ3n) is 4.29. The van der Waals surface area contributed by atoms with Crippen LogP contribution in [0.3, 0.4) is 0 Å². The summed E-state index contributed by atoms with van der Waals surface area (Å²) in [6, 6.07) is 10.9. The number of nitrogens with one attached hydrogen (secondary N) is 1. The van der Waals surface area contributed by atoms with Gasteiger partial charge in [0.15, 0.2) is 12.4 Å². The predicted molar refractivity (Wildman–Crippen MR) is 84.5 cm³/mol. The summed E-state index contributed by atoms with van der Waals surface area (Å²) in [6.07, 6.45) is 4.53. The first-order valence-corrected chi connectivity index (χ1v) is 7.67. The molecular weight excluding hydrogens is 292 g/mol. The molecule has 1 aromatic carbocycles. The zero-order valence-corrected chi connectivity index (χ0v) is 12.5. The van der Waals surface area contributed by atoms with E-state index in [0.29, 0.717) is 16.8 Å². The van der Waals surface area contributed by atoms with Crippen LogP contribution in [0.1, 0.15) is 35.1 Å². The number of imidazole rings is 1. The molecule has 0 radical (unpaired) electrons. The molecule has 1 aliphatic heterocycles. The van der Waals surface area contributed by atoms with E-state index in [9.17, 15) is 10.0 Å². The number of carbonyl (C=O) groups is 1. The molecule has 0 aliphatic carbocycles. The number of likely N-dealkylation sites (tertiary alicyclic amines) is 1. The van der Waals surface area contributed by atoms with Gasteiger partial charge in [-0.2, -0.15) is 4.73 Å². The number of H-pyrrole nitrogens is 1. The fraction of sp³-hybridized carbons (Fsp3) is 0.235. The van der Waals surface area contributed by atoms with Crippen molar-refractivity contribution in [2.45, 2.75) is 18.9 Å². The number of fused-ring (bicyclic) bond motifs is 1. The highest BCUT2D eigenvalue weighted by molar-refractivity contribution is 5.94. The molecule has 1 fully saturated rings. The predicted octanol–water partition coefficient (Wildman–Crippen LogP) is 2.17. The average Bonchev–Trinajstić information content (AvgIpc) is 3.21. The number of aromatic amines is 1. The standard InChI is InChI=1S/C17H16N4O2/c22-17(12-7-10-20(23)11-8-12)21-9-3-6-15(21)16-18-13-4-1-2-5-14(13)19-16/h1-2,4-5,7-8,10-11,15H,3,6,9H2,(H,18,19). The Labute approximate surface area is 133 Å². The minimum atomic E-state index is -0.0615. The molecular formula is C17H16N4O2. The van der Waals surface area contributed by atoms with Crippen LogP contribution in [0.2, 0.25) is 0 Å². The normalized spacial score (nSPS) is 17.7. The van der Waals surface area contributed by atoms with Crippen LogP contribution in [0.5, 0.6) is 0 Å². The fourth-order valence-corrected chi connectivity index (χ4v) is 3.15. The van der Waals surface area contributed by atoms with Gasteiger partial charge in [-0.15, -0.1) is 0 Å². The zero-order chi connectivity index (χ0) is 15.8. The molecule has 0 saturated carbocycles. The molecule has 6 heteroatoms. The Kier molecular flexibility index (Phi) is 3.22. The van der Waals surface area contributed by atoms with Gasteiger partial charge in [-0.25, -0.2) is 4.98 Å². The van der Waals surface area contributed by atoms with Crippen molar-refractivity contribution < 1.29 is 9.52 Å². The molecule has 1 amide bonds. The summed E-state index contributed by atoms with van der Waals surface area (Å²) in [6.45, 7) is 0.701. The number of nitrogens with zero attached hydrogens (tertiary/aromatic N) is 3. The average molecular weight is 308 g/mol. The number of hydrogen-bond acceptors (Lipinski definition) is 3. The number of pyridine rings is 1. The number of hydrogen-bond donors (Lipinski definition) is 1. The molecule has 1 atom stereocenters. The highest BCUT2D eigenvalue weighted by Gasteiger charge is 2.32. The minimum Gasteiger partial charge on any atom is -0.619 e. The van der Waals surface area contributed by atoms with Gasteiger partial charge in [0.25, 0.3) is 5.91 Å². The second-order valence-corrected chi connectivity index (χ2v) is 5.74. The van der Waals surface area contributed by atoms with Crippen LogP contribution in [-0.4, -0.2) is 27.3 Å². The van der Waals surface area contributed by atoms with Gasteiger partial charge in [-0.1, -0.05) is 12.1 Å². The Morgan fingerprint density at radius 2 is 2.04 bits per heavy atom. The molecule has 0 spiro atoms. The molecule has 1 saturated heterocycles. The lowest BCUT2D eigenvalue weighted by atomic mass is 10.2. The van der Waals surface area contributed by atoms with Crippen molar-refractivity contribution in [1.82, 2.24) is 14.9 Å². The summed E-state index contributed by atoms with van der Waals surface area (Å²) in [4.78, 5) is 22.5. The molecule has 1 aliphatic rings. The van der Waals surface area contributed by atoms with Gasteiger partial charge >= 0.3 is 0 Å². The Morgan fingerprint density at radius 1 is 1.26 bits per heavy atom. The van der Waals surface area contributed by atoms with E-state index in [1.54, 1.807) is 12.1 Å². The molecule has 1 N–H and O–H groups in total. The third kappa shape index (κ3) is 2.42. The molecule has 116 valence electrons. The van der Waals surface area contributed by atoms with Crippen molar-refractivity contribution in [3.63, 3.8) is 0 Å². The van der Waals surface area contributed by atoms with Crippen molar-refractivity contribution in [3.05, 3.63) is 65.4 Å². The highest BCUT2D eigenvalue weighted by Crippen LogP contribution is 2.32. The lowest BCUT2D eigenvalue weighted by molar-refractivity contribution is -0.605. The fourth-order valence-electron chi connectivity index (χ4n) is 3.15. The van der Waals surface area contributed by atoms with E-state index in [-0.39, 0.29) is 11.9 Å². The number of amides is 1. The number of rotatable bonds is 2. The van der Waals surface area contributed by atoms with Gasteiger partial charge in [0, 0.05) is 18.7 Å². The van der Waals surface area contributed by atoms with Gasteiger partial charge in [0.1, 0.15) is 5.82 Å². The van der Waals surface area contributed by atoms with E-state index >= 15 is 0 Å². The van der Waals surface area contributed by atoms with Crippen molar-refractivity contribution in [2.75, 3.05) is 6.54 Å². The van der Waals surface area contributed by atoms with Gasteiger partial charge < -0.3 is 15.1 Å². The summed E-state index contributed by atoms with van der Waals surface area (Å²) in [5, 5.41) is 11.1. The molecule has 23 heavy (non-hydrogen) atoms. The Morgan fingerprint density at radius 3 is 2.83 bits per heavy atom. The number of para-hydroxylation sites is 2. The van der Waals surface area contributed by atoms with Gasteiger partial charge in [-0.05, 0) is 25.0 Å². The van der Waals surface area contributed by atoms with E-state index in [1.165, 1.54) is 12.4 Å². The second kappa shape index (κ2) is 5.39. The first-order valence-electron chi connectivity index (χ1n) is 7.67. The first-order chi connectivity index (χ1) is 11.2. The maximum absolute atomic E-state index is 12.7. The van der Waals surface area contributed by atoms with Gasteiger partial charge in [-0.3, -0.25) is 4.79 Å². The van der Waals surface area contributed by atoms with Crippen molar-refractivity contribution in [3.8, 4) is 0 Å². The Bertz CT molecular complexity index is 823. The summed E-state index contributed by atoms with van der Waals surface area (Å²) in [5.41, 5.74) is 2.42. The monoisotopic (exact) mass is 308 g/mol. The molecule has 1 unspecified atom stereocenters. The van der Waals surface area contributed by atoms with Crippen LogP contribution in [0.15, 0.2) is 48.8 Å². The number of aromatic nitrogens is 3. The molecule has 0 bridgehead atoms. The van der Waals surface area contributed by atoms with Crippen LogP contribution in [0.4, 0.5) is 0 Å². The zero-order valence-electron chi connectivity index (χ0n) is 12.5. The topological polar surface area (TPSA) is 75.9 Å². The van der Waals surface area contributed by atoms with Crippen LogP contribution >= 0.6 is 0 Å². The van der Waals surface area contributed by atoms with E-state index in [1.807, 2.05) is 29.2 Å². The maximum Gasteiger partial charge on any atom is 0.254 e. The summed E-state index contributed by atoms with van der Waals surface area (Å²) in [7, 11) is 0. The highest BCUT2D eigenvalue weighted by atomic mass is 16.5. The first kappa shape index (κ1) is 13.8. The SMILES string of the molecule is O=C(c1cc[n+]([O-])cc1)N1CCCC1c1nc2ccccc2[nH]1. The van der Waals surface area contributed by atoms with E-state index in [0.717, 1.165) is 29.7 Å². The molecule has 3 aromatic rings. The van der Waals surface area contributed by atoms with E-state index in [4.69, 9.17) is 0 Å². The lowest BCUT2D eigenvalue weighted by Crippen LogP contribution is -2.32. The van der Waals surface area contributed by atoms with Crippen molar-refractivity contribution >= 4 is 16.9 Å². The van der Waals surface area contributed by atoms with Crippen LogP contribution in [0.25, 0.3) is 11.0 Å². The van der Waals surface area contributed by atoms with Gasteiger partial charge in [0.2, 0.25) is 0 Å². The molecule has 3 heterocycles. The summed E-state index contributed by atoms with van der Waals surface area (Å²) >= 11 is 0. The number of benzene rings is 1. The molecule has 2 aromatic heterocycles. The minimum absolute atomic E-state index is 0.0468. The van der Waals surface area contributed by atoms with Crippen molar-refractivity contribution in [1.29, 1.82) is 0 Å². The molecule has 4 rings (SSSR count). The largest absolute Gasteiger partial charge is 0.619 e. The van der Waals surface area contributed by atoms with Gasteiger partial charge in [0.05, 0.1) is 22.6 Å². The summed E-state index contributed by atoms with van der Waals surface area (Å²) in [5.74, 6) is 0.764. The Hall–Kier alpha value is -2.89. The Balaban J connectivity index is 1.65. The van der Waals surface area contributed by atoms with E-state index in [2.05, 4.69) is 9.97 Å². The summed E-state index contributed by atoms with van der Waals surface area (Å²) < 4.78 is 0.678.